The largest absolute Gasteiger partial charge is 0.481 e. The van der Waals surface area contributed by atoms with Crippen LogP contribution in [0.15, 0.2) is 21.9 Å². The molecule has 2 aromatic rings. The van der Waals surface area contributed by atoms with Crippen LogP contribution in [-0.2, 0) is 16.0 Å². The molecule has 2 aromatic heterocycles. The van der Waals surface area contributed by atoms with Crippen molar-refractivity contribution in [2.45, 2.75) is 45.4 Å². The Morgan fingerprint density at radius 1 is 1.32 bits per heavy atom. The van der Waals surface area contributed by atoms with Crippen molar-refractivity contribution in [3.8, 4) is 10.8 Å². The van der Waals surface area contributed by atoms with Gasteiger partial charge in [0.1, 0.15) is 5.76 Å². The number of amides is 1. The van der Waals surface area contributed by atoms with Crippen LogP contribution >= 0.6 is 11.3 Å². The lowest BCUT2D eigenvalue weighted by Crippen LogP contribution is -2.44. The van der Waals surface area contributed by atoms with Gasteiger partial charge in [-0.05, 0) is 31.9 Å². The van der Waals surface area contributed by atoms with Gasteiger partial charge in [-0.2, -0.15) is 0 Å². The van der Waals surface area contributed by atoms with E-state index in [2.05, 4.69) is 10.3 Å². The maximum absolute atomic E-state index is 12.2. The number of carbonyl (C=O) groups is 2. The number of hydrogen-bond acceptors (Lipinski definition) is 5. The summed E-state index contributed by atoms with van der Waals surface area (Å²) in [4.78, 5) is 28.3. The lowest BCUT2D eigenvalue weighted by Gasteiger charge is -2.33. The van der Waals surface area contributed by atoms with Crippen molar-refractivity contribution in [2.75, 3.05) is 6.54 Å². The number of aromatic nitrogens is 1. The van der Waals surface area contributed by atoms with Gasteiger partial charge in [-0.1, -0.05) is 19.3 Å². The SMILES string of the molecule is Cc1ccc(-c2nc(CC(=O)NCC3(C(=O)O)CCCCC3)cs2)o1. The fourth-order valence-corrected chi connectivity index (χ4v) is 4.02. The molecule has 3 rings (SSSR count). The number of nitrogens with zero attached hydrogens (tertiary/aromatic N) is 1. The van der Waals surface area contributed by atoms with Crippen LogP contribution in [-0.4, -0.2) is 28.5 Å². The summed E-state index contributed by atoms with van der Waals surface area (Å²) in [7, 11) is 0. The molecule has 0 radical (unpaired) electrons. The second-order valence-electron chi connectivity index (χ2n) is 6.65. The molecule has 1 saturated carbocycles. The molecular weight excluding hydrogens is 340 g/mol. The Bertz CT molecular complexity index is 759. The van der Waals surface area contributed by atoms with E-state index in [0.29, 0.717) is 24.3 Å². The first-order valence-electron chi connectivity index (χ1n) is 8.50. The van der Waals surface area contributed by atoms with Crippen LogP contribution in [0.5, 0.6) is 0 Å². The Kier molecular flexibility index (Phi) is 5.22. The van der Waals surface area contributed by atoms with E-state index >= 15 is 0 Å². The fourth-order valence-electron chi connectivity index (χ4n) is 3.24. The Morgan fingerprint density at radius 3 is 2.72 bits per heavy atom. The number of carboxylic acid groups (broad SMARTS) is 1. The summed E-state index contributed by atoms with van der Waals surface area (Å²) in [5.74, 6) is 0.507. The average Bonchev–Trinajstić information content (AvgIpc) is 3.22. The van der Waals surface area contributed by atoms with Gasteiger partial charge in [0.05, 0.1) is 17.5 Å². The lowest BCUT2D eigenvalue weighted by atomic mass is 9.74. The number of furan rings is 1. The highest BCUT2D eigenvalue weighted by atomic mass is 32.1. The van der Waals surface area contributed by atoms with Crippen LogP contribution in [0.3, 0.4) is 0 Å². The number of rotatable bonds is 6. The maximum atomic E-state index is 12.2. The van der Waals surface area contributed by atoms with E-state index in [9.17, 15) is 14.7 Å². The highest BCUT2D eigenvalue weighted by Crippen LogP contribution is 2.36. The molecule has 1 fully saturated rings. The van der Waals surface area contributed by atoms with Crippen molar-refractivity contribution in [3.63, 3.8) is 0 Å². The first-order valence-corrected chi connectivity index (χ1v) is 9.38. The normalized spacial score (nSPS) is 16.5. The Labute approximate surface area is 150 Å². The molecule has 2 heterocycles. The van der Waals surface area contributed by atoms with Gasteiger partial charge < -0.3 is 14.8 Å². The van der Waals surface area contributed by atoms with Gasteiger partial charge in [0.25, 0.3) is 0 Å². The molecule has 7 heteroatoms. The summed E-state index contributed by atoms with van der Waals surface area (Å²) in [5.41, 5.74) is -0.146. The van der Waals surface area contributed by atoms with Crippen LogP contribution in [0.1, 0.15) is 43.6 Å². The molecule has 25 heavy (non-hydrogen) atoms. The molecule has 0 atom stereocenters. The summed E-state index contributed by atoms with van der Waals surface area (Å²) in [6.07, 6.45) is 4.27. The zero-order chi connectivity index (χ0) is 17.9. The standard InChI is InChI=1S/C18H22N2O4S/c1-12-5-6-14(24-12)16-20-13(10-25-16)9-15(21)19-11-18(17(22)23)7-3-2-4-8-18/h5-6,10H,2-4,7-9,11H2,1H3,(H,19,21)(H,22,23). The van der Waals surface area contributed by atoms with E-state index in [-0.39, 0.29) is 18.9 Å². The topological polar surface area (TPSA) is 92.4 Å². The third kappa shape index (κ3) is 4.10. The number of aliphatic carboxylic acids is 1. The quantitative estimate of drug-likeness (QED) is 0.821. The molecule has 0 saturated heterocycles. The predicted octanol–water partition coefficient (Wildman–Crippen LogP) is 3.41. The number of hydrogen-bond donors (Lipinski definition) is 2. The number of carboxylic acids is 1. The van der Waals surface area contributed by atoms with Crippen LogP contribution in [0.25, 0.3) is 10.8 Å². The van der Waals surface area contributed by atoms with Crippen molar-refractivity contribution in [1.29, 1.82) is 0 Å². The fraction of sp³-hybridized carbons (Fsp3) is 0.500. The minimum atomic E-state index is -0.813. The third-order valence-corrected chi connectivity index (χ3v) is 5.64. The summed E-state index contributed by atoms with van der Waals surface area (Å²) in [6.45, 7) is 2.06. The first kappa shape index (κ1) is 17.7. The van der Waals surface area contributed by atoms with Crippen LogP contribution < -0.4 is 5.32 Å². The Morgan fingerprint density at radius 2 is 2.08 bits per heavy atom. The van der Waals surface area contributed by atoms with Gasteiger partial charge in [-0.25, -0.2) is 4.98 Å². The number of nitrogens with one attached hydrogen (secondary N) is 1. The Balaban J connectivity index is 1.57. The van der Waals surface area contributed by atoms with Gasteiger partial charge in [0.2, 0.25) is 5.91 Å². The van der Waals surface area contributed by atoms with E-state index in [1.807, 2.05) is 24.4 Å². The van der Waals surface area contributed by atoms with Gasteiger partial charge in [-0.3, -0.25) is 9.59 Å². The minimum absolute atomic E-state index is 0.145. The van der Waals surface area contributed by atoms with E-state index in [4.69, 9.17) is 4.42 Å². The van der Waals surface area contributed by atoms with Crippen molar-refractivity contribution in [1.82, 2.24) is 10.3 Å². The minimum Gasteiger partial charge on any atom is -0.481 e. The Hall–Kier alpha value is -2.15. The zero-order valence-electron chi connectivity index (χ0n) is 14.2. The number of carbonyl (C=O) groups excluding carboxylic acids is 1. The van der Waals surface area contributed by atoms with Gasteiger partial charge >= 0.3 is 5.97 Å². The summed E-state index contributed by atoms with van der Waals surface area (Å²) in [6, 6.07) is 3.73. The summed E-state index contributed by atoms with van der Waals surface area (Å²) in [5, 5.41) is 14.9. The highest BCUT2D eigenvalue weighted by molar-refractivity contribution is 7.13. The second kappa shape index (κ2) is 7.39. The molecule has 2 N–H and O–H groups in total. The monoisotopic (exact) mass is 362 g/mol. The molecule has 0 aromatic carbocycles. The number of thiazole rings is 1. The van der Waals surface area contributed by atoms with Crippen molar-refractivity contribution >= 4 is 23.2 Å². The highest BCUT2D eigenvalue weighted by Gasteiger charge is 2.39. The third-order valence-electron chi connectivity index (χ3n) is 4.73. The average molecular weight is 362 g/mol. The summed E-state index contributed by atoms with van der Waals surface area (Å²) >= 11 is 1.43. The molecule has 6 nitrogen and oxygen atoms in total. The molecular formula is C18H22N2O4S. The van der Waals surface area contributed by atoms with Crippen LogP contribution in [0.4, 0.5) is 0 Å². The molecule has 0 unspecified atom stereocenters. The maximum Gasteiger partial charge on any atom is 0.311 e. The van der Waals surface area contributed by atoms with Crippen molar-refractivity contribution in [2.24, 2.45) is 5.41 Å². The predicted molar refractivity (Wildman–Crippen MR) is 94.4 cm³/mol. The smallest absolute Gasteiger partial charge is 0.311 e. The zero-order valence-corrected chi connectivity index (χ0v) is 15.0. The van der Waals surface area contributed by atoms with Gasteiger partial charge in [0.15, 0.2) is 10.8 Å². The van der Waals surface area contributed by atoms with E-state index in [1.54, 1.807) is 0 Å². The number of aryl methyl sites for hydroxylation is 1. The molecule has 1 amide bonds. The first-order chi connectivity index (χ1) is 12.0. The molecule has 1 aliphatic carbocycles. The van der Waals surface area contributed by atoms with E-state index in [0.717, 1.165) is 30.0 Å². The van der Waals surface area contributed by atoms with Gasteiger partial charge in [0, 0.05) is 11.9 Å². The summed E-state index contributed by atoms with van der Waals surface area (Å²) < 4.78 is 5.54. The van der Waals surface area contributed by atoms with Crippen LogP contribution in [0.2, 0.25) is 0 Å². The molecule has 134 valence electrons. The lowest BCUT2D eigenvalue weighted by molar-refractivity contribution is -0.151. The van der Waals surface area contributed by atoms with E-state index < -0.39 is 11.4 Å². The molecule has 1 aliphatic rings. The molecule has 0 aliphatic heterocycles. The van der Waals surface area contributed by atoms with Crippen molar-refractivity contribution < 1.29 is 19.1 Å². The van der Waals surface area contributed by atoms with E-state index in [1.165, 1.54) is 11.3 Å². The van der Waals surface area contributed by atoms with Gasteiger partial charge in [-0.15, -0.1) is 11.3 Å². The molecule has 0 bridgehead atoms. The van der Waals surface area contributed by atoms with Crippen molar-refractivity contribution in [3.05, 3.63) is 29.0 Å². The van der Waals surface area contributed by atoms with Crippen LogP contribution in [0, 0.1) is 12.3 Å². The molecule has 0 spiro atoms. The second-order valence-corrected chi connectivity index (χ2v) is 7.51.